The Kier molecular flexibility index (Phi) is 14.3. The van der Waals surface area contributed by atoms with Crippen LogP contribution in [-0.2, 0) is 42.7 Å². The number of hydrogen-bond acceptors (Lipinski definition) is 19. The zero-order valence-electron chi connectivity index (χ0n) is 37.3. The Labute approximate surface area is 372 Å². The van der Waals surface area contributed by atoms with E-state index in [1.165, 1.54) is 26.3 Å². The topological polar surface area (TPSA) is 293 Å². The summed E-state index contributed by atoms with van der Waals surface area (Å²) in [6.45, 7) is 9.96. The molecule has 364 valence electrons. The fourth-order valence-electron chi connectivity index (χ4n) is 12.5. The number of aliphatic hydroxyl groups is 10. The number of carbonyl (C=O) groups excluding carboxylic acids is 1. The third kappa shape index (κ3) is 8.50. The summed E-state index contributed by atoms with van der Waals surface area (Å²) in [5.74, 6) is 1.43. The van der Waals surface area contributed by atoms with Crippen molar-refractivity contribution in [1.29, 1.82) is 0 Å². The van der Waals surface area contributed by atoms with Gasteiger partial charge in [0.25, 0.3) is 0 Å². The molecule has 4 heterocycles. The van der Waals surface area contributed by atoms with Gasteiger partial charge < -0.3 is 89.0 Å². The van der Waals surface area contributed by atoms with E-state index in [0.717, 1.165) is 37.7 Å². The van der Waals surface area contributed by atoms with Crippen molar-refractivity contribution < 1.29 is 93.8 Å². The van der Waals surface area contributed by atoms with E-state index in [0.29, 0.717) is 30.6 Å². The number of fused-ring (bicyclic) bond motifs is 5. The van der Waals surface area contributed by atoms with Gasteiger partial charge in [0.2, 0.25) is 0 Å². The fraction of sp³-hybridized carbons (Fsp3) is 0.889. The van der Waals surface area contributed by atoms with Gasteiger partial charge in [0, 0.05) is 0 Å². The van der Waals surface area contributed by atoms with Crippen LogP contribution in [0, 0.1) is 28.6 Å². The molecule has 4 saturated heterocycles. The predicted molar refractivity (Wildman–Crippen MR) is 218 cm³/mol. The van der Waals surface area contributed by atoms with Crippen LogP contribution in [0.1, 0.15) is 86.5 Å². The molecule has 0 aromatic rings. The van der Waals surface area contributed by atoms with Crippen LogP contribution < -0.4 is 0 Å². The highest BCUT2D eigenvalue weighted by atomic mass is 16.8. The second kappa shape index (κ2) is 18.7. The maximum Gasteiger partial charge on any atom is 0.187 e. The van der Waals surface area contributed by atoms with Crippen LogP contribution in [0.2, 0.25) is 0 Å². The van der Waals surface area contributed by atoms with Crippen molar-refractivity contribution in [3.05, 3.63) is 23.3 Å². The second-order valence-corrected chi connectivity index (χ2v) is 20.2. The second-order valence-electron chi connectivity index (χ2n) is 20.2. The number of ether oxygens (including phenoxy) is 8. The standard InChI is InChI=1S/C45H70O19/c1-17(47)24-9-10-25-23-8-7-21-15-22(11-13-44(21,5)26(23)12-14-45(24,25)6)60-43-39(64-41-34(54)31(51)29(49)19(3)58-41)36(56)38(27(16-46)61-43)63-42-35(55)32(52)37(20(4)59-42)62-40-33(53)30(50)28(48)18(2)57-40/h7,9,18-20,22-23,25-43,46,48-56H,8,10-16H2,1-6H3/t18-,19-,20-,22+,23-,25-,26-,27-,28-,29-,30+,31+,32-,33-,34-,35-,36+,37-,38-,39-,40+,41+,42+,43-,44-,45-/m0/s1. The van der Waals surface area contributed by atoms with E-state index >= 15 is 0 Å². The van der Waals surface area contributed by atoms with Crippen LogP contribution in [0.5, 0.6) is 0 Å². The molecule has 8 aliphatic rings. The molecule has 0 unspecified atom stereocenters. The summed E-state index contributed by atoms with van der Waals surface area (Å²) >= 11 is 0. The molecule has 4 aliphatic carbocycles. The molecule has 26 atom stereocenters. The first-order valence-electron chi connectivity index (χ1n) is 23.1. The molecule has 0 aromatic carbocycles. The van der Waals surface area contributed by atoms with Gasteiger partial charge in [-0.05, 0) is 107 Å². The van der Waals surface area contributed by atoms with Crippen LogP contribution in [0.3, 0.4) is 0 Å². The first-order valence-corrected chi connectivity index (χ1v) is 23.1. The summed E-state index contributed by atoms with van der Waals surface area (Å²) in [5, 5.41) is 108. The predicted octanol–water partition coefficient (Wildman–Crippen LogP) is -1.18. The van der Waals surface area contributed by atoms with Crippen LogP contribution in [-0.4, -0.2) is 192 Å². The summed E-state index contributed by atoms with van der Waals surface area (Å²) < 4.78 is 48.2. The first-order chi connectivity index (χ1) is 30.2. The van der Waals surface area contributed by atoms with E-state index in [1.54, 1.807) is 6.92 Å². The molecular weight excluding hydrogens is 844 g/mol. The molecule has 19 heteroatoms. The van der Waals surface area contributed by atoms with Crippen LogP contribution >= 0.6 is 0 Å². The normalized spacial score (nSPS) is 54.2. The lowest BCUT2D eigenvalue weighted by atomic mass is 9.47. The number of hydrogen-bond donors (Lipinski definition) is 10. The van der Waals surface area contributed by atoms with Crippen LogP contribution in [0.15, 0.2) is 23.3 Å². The minimum absolute atomic E-state index is 0.0936. The van der Waals surface area contributed by atoms with Crippen molar-refractivity contribution in [3.8, 4) is 0 Å². The van der Waals surface area contributed by atoms with Gasteiger partial charge in [-0.2, -0.15) is 0 Å². The molecule has 4 aliphatic heterocycles. The highest BCUT2D eigenvalue weighted by Crippen LogP contribution is 2.65. The van der Waals surface area contributed by atoms with Gasteiger partial charge in [-0.15, -0.1) is 0 Å². The molecule has 0 radical (unpaired) electrons. The lowest BCUT2D eigenvalue weighted by Crippen LogP contribution is -2.67. The molecule has 64 heavy (non-hydrogen) atoms. The van der Waals surface area contributed by atoms with Crippen molar-refractivity contribution in [2.24, 2.45) is 28.6 Å². The molecular formula is C45H70O19. The van der Waals surface area contributed by atoms with E-state index in [2.05, 4.69) is 26.0 Å². The van der Waals surface area contributed by atoms with Crippen LogP contribution in [0.25, 0.3) is 0 Å². The van der Waals surface area contributed by atoms with Gasteiger partial charge in [-0.25, -0.2) is 0 Å². The molecule has 0 bridgehead atoms. The Hall–Kier alpha value is -1.57. The largest absolute Gasteiger partial charge is 0.394 e. The molecule has 8 rings (SSSR count). The average molecular weight is 915 g/mol. The number of rotatable bonds is 10. The molecule has 19 nitrogen and oxygen atoms in total. The molecule has 2 saturated carbocycles. The van der Waals surface area contributed by atoms with Crippen molar-refractivity contribution in [2.75, 3.05) is 6.61 Å². The molecule has 0 aromatic heterocycles. The van der Waals surface area contributed by atoms with Gasteiger partial charge in [-0.1, -0.05) is 31.6 Å². The Morgan fingerprint density at radius 2 is 1.14 bits per heavy atom. The van der Waals surface area contributed by atoms with Crippen molar-refractivity contribution in [3.63, 3.8) is 0 Å². The third-order valence-corrected chi connectivity index (χ3v) is 16.4. The van der Waals surface area contributed by atoms with Crippen LogP contribution in [0.4, 0.5) is 0 Å². The Bertz CT molecular complexity index is 1730. The summed E-state index contributed by atoms with van der Waals surface area (Å²) in [5.41, 5.74) is 2.03. The minimum atomic E-state index is -1.85. The van der Waals surface area contributed by atoms with Gasteiger partial charge in [0.05, 0.1) is 31.0 Å². The van der Waals surface area contributed by atoms with Crippen molar-refractivity contribution in [2.45, 2.75) is 215 Å². The Morgan fingerprint density at radius 1 is 0.594 bits per heavy atom. The molecule has 0 amide bonds. The maximum atomic E-state index is 12.6. The Morgan fingerprint density at radius 3 is 1.73 bits per heavy atom. The van der Waals surface area contributed by atoms with Gasteiger partial charge >= 0.3 is 0 Å². The summed E-state index contributed by atoms with van der Waals surface area (Å²) in [6, 6.07) is 0. The van der Waals surface area contributed by atoms with Crippen molar-refractivity contribution >= 4 is 5.78 Å². The SMILES string of the molecule is CC(=O)C1=CC[C@H]2[C@@H]3CC=C4C[C@H](O[C@H]5O[C@@H](CO)[C@H](O[C@H]6O[C@@H](C)[C@H](O[C@H]7O[C@@H](C)[C@H](O)[C@@H](O)[C@@H]7O)[C@@H](O)[C@@H]6O)[C@@H](O)[C@@H]5O[C@H]5O[C@@H](C)[C@H](O)[C@@H](O)[C@@H]5O)CC[C@]4(C)[C@H]3CC[C@@]12C. The van der Waals surface area contributed by atoms with Gasteiger partial charge in [0.15, 0.2) is 30.9 Å². The number of ketones is 1. The van der Waals surface area contributed by atoms with Gasteiger partial charge in [0.1, 0.15) is 79.4 Å². The first kappa shape index (κ1) is 48.9. The fourth-order valence-corrected chi connectivity index (χ4v) is 12.5. The van der Waals surface area contributed by atoms with E-state index in [9.17, 15) is 55.9 Å². The minimum Gasteiger partial charge on any atom is -0.394 e. The Balaban J connectivity index is 0.984. The average Bonchev–Trinajstić information content (AvgIpc) is 3.63. The maximum absolute atomic E-state index is 12.6. The monoisotopic (exact) mass is 914 g/mol. The van der Waals surface area contributed by atoms with E-state index < -0.39 is 136 Å². The zero-order valence-corrected chi connectivity index (χ0v) is 37.3. The number of Topliss-reactive ketones (excluding diaryl/α,β-unsaturated/α-hetero) is 1. The van der Waals surface area contributed by atoms with E-state index in [4.69, 9.17) is 37.9 Å². The van der Waals surface area contributed by atoms with Crippen molar-refractivity contribution in [1.82, 2.24) is 0 Å². The number of allylic oxidation sites excluding steroid dienone is 3. The number of carbonyl (C=O) groups is 1. The summed E-state index contributed by atoms with van der Waals surface area (Å²) in [7, 11) is 0. The third-order valence-electron chi connectivity index (χ3n) is 16.4. The zero-order chi connectivity index (χ0) is 46.3. The molecule has 10 N–H and O–H groups in total. The highest BCUT2D eigenvalue weighted by molar-refractivity contribution is 5.95. The van der Waals surface area contributed by atoms with E-state index in [1.807, 2.05) is 0 Å². The smallest absolute Gasteiger partial charge is 0.187 e. The molecule has 0 spiro atoms. The highest BCUT2D eigenvalue weighted by Gasteiger charge is 2.59. The summed E-state index contributed by atoms with van der Waals surface area (Å²) in [6.07, 6.45) is -20.0. The lowest BCUT2D eigenvalue weighted by Gasteiger charge is -2.58. The quantitative estimate of drug-likeness (QED) is 0.115. The summed E-state index contributed by atoms with van der Waals surface area (Å²) in [4.78, 5) is 12.6. The van der Waals surface area contributed by atoms with E-state index in [-0.39, 0.29) is 16.6 Å². The van der Waals surface area contributed by atoms with Gasteiger partial charge in [-0.3, -0.25) is 4.79 Å². The number of aliphatic hydroxyl groups excluding tert-OH is 10. The molecule has 6 fully saturated rings. The lowest BCUT2D eigenvalue weighted by molar-refractivity contribution is -0.394.